The van der Waals surface area contributed by atoms with Crippen LogP contribution in [0.4, 0.5) is 11.4 Å². The molecule has 124 valence electrons. The highest BCUT2D eigenvalue weighted by Crippen LogP contribution is 2.29. The Morgan fingerprint density at radius 3 is 1.78 bits per heavy atom. The van der Waals surface area contributed by atoms with Gasteiger partial charge in [0.05, 0.1) is 0 Å². The van der Waals surface area contributed by atoms with Crippen molar-refractivity contribution in [1.29, 1.82) is 0 Å². The summed E-state index contributed by atoms with van der Waals surface area (Å²) < 4.78 is 0. The number of anilines is 2. The molecule has 5 heteroatoms. The zero-order valence-electron chi connectivity index (χ0n) is 15.3. The molecular formula is C18H27BN2O2. The number of benzene rings is 1. The van der Waals surface area contributed by atoms with Crippen molar-refractivity contribution in [2.45, 2.75) is 47.5 Å². The number of carbonyl (C=O) groups is 2. The van der Waals surface area contributed by atoms with Crippen LogP contribution >= 0.6 is 0 Å². The Hall–Kier alpha value is -1.78. The van der Waals surface area contributed by atoms with Gasteiger partial charge in [0, 0.05) is 30.3 Å². The molecule has 2 amide bonds. The van der Waals surface area contributed by atoms with Crippen LogP contribution in [0.15, 0.2) is 18.2 Å². The van der Waals surface area contributed by atoms with Gasteiger partial charge in [-0.2, -0.15) is 0 Å². The molecule has 1 aromatic carbocycles. The number of rotatable bonds is 5. The first-order valence-corrected chi connectivity index (χ1v) is 8.07. The Labute approximate surface area is 141 Å². The van der Waals surface area contributed by atoms with Gasteiger partial charge in [-0.25, -0.2) is 0 Å². The molecule has 0 saturated carbocycles. The third kappa shape index (κ3) is 4.60. The summed E-state index contributed by atoms with van der Waals surface area (Å²) in [5.74, 6) is -0.164. The number of carbonyl (C=O) groups excluding carboxylic acids is 2. The van der Waals surface area contributed by atoms with Gasteiger partial charge in [-0.3, -0.25) is 9.59 Å². The molecule has 0 aromatic heterocycles. The Kier molecular flexibility index (Phi) is 6.42. The van der Waals surface area contributed by atoms with Gasteiger partial charge in [-0.1, -0.05) is 41.5 Å². The zero-order valence-corrected chi connectivity index (χ0v) is 15.3. The fraction of sp³-hybridized carbons (Fsp3) is 0.556. The molecule has 0 aliphatic rings. The van der Waals surface area contributed by atoms with E-state index in [1.54, 1.807) is 18.0 Å². The molecule has 2 radical (unpaired) electrons. The van der Waals surface area contributed by atoms with Crippen LogP contribution in [0.3, 0.4) is 0 Å². The second kappa shape index (κ2) is 7.67. The molecule has 0 atom stereocenters. The zero-order chi connectivity index (χ0) is 17.9. The van der Waals surface area contributed by atoms with Crippen molar-refractivity contribution >= 4 is 31.2 Å². The molecule has 1 aromatic rings. The van der Waals surface area contributed by atoms with E-state index in [2.05, 4.69) is 13.8 Å². The minimum absolute atomic E-state index is 0.0237. The van der Waals surface area contributed by atoms with Crippen LogP contribution in [-0.4, -0.2) is 26.8 Å². The summed E-state index contributed by atoms with van der Waals surface area (Å²) in [7, 11) is 7.74. The van der Waals surface area contributed by atoms with Crippen molar-refractivity contribution in [3.63, 3.8) is 0 Å². The van der Waals surface area contributed by atoms with Crippen LogP contribution in [0.1, 0.15) is 53.0 Å². The molecule has 0 spiro atoms. The summed E-state index contributed by atoms with van der Waals surface area (Å²) in [5.41, 5.74) is 2.39. The quantitative estimate of drug-likeness (QED) is 0.781. The summed E-state index contributed by atoms with van der Waals surface area (Å²) in [6, 6.07) is 5.66. The first-order valence-electron chi connectivity index (χ1n) is 8.07. The largest absolute Gasteiger partial charge is 0.369 e. The molecule has 0 unspecified atom stereocenters. The van der Waals surface area contributed by atoms with Crippen LogP contribution in [0, 0.1) is 11.8 Å². The average molecular weight is 314 g/mol. The van der Waals surface area contributed by atoms with E-state index in [1.807, 2.05) is 39.8 Å². The number of hydrogen-bond acceptors (Lipinski definition) is 2. The molecule has 4 nitrogen and oxygen atoms in total. The third-order valence-electron chi connectivity index (χ3n) is 3.81. The highest BCUT2D eigenvalue weighted by Gasteiger charge is 2.19. The van der Waals surface area contributed by atoms with E-state index in [9.17, 15) is 9.59 Å². The Bertz CT molecular complexity index is 538. The summed E-state index contributed by atoms with van der Waals surface area (Å²) in [4.78, 5) is 27.2. The van der Waals surface area contributed by atoms with Crippen molar-refractivity contribution in [2.75, 3.05) is 16.8 Å². The van der Waals surface area contributed by atoms with E-state index in [0.717, 1.165) is 11.3 Å². The van der Waals surface area contributed by atoms with Crippen molar-refractivity contribution < 1.29 is 9.59 Å². The van der Waals surface area contributed by atoms with Crippen LogP contribution in [-0.2, 0) is 9.59 Å². The monoisotopic (exact) mass is 314 g/mol. The number of hydrogen-bond donors (Lipinski definition) is 0. The van der Waals surface area contributed by atoms with Gasteiger partial charge in [-0.05, 0) is 29.7 Å². The van der Waals surface area contributed by atoms with E-state index in [-0.39, 0.29) is 29.6 Å². The van der Waals surface area contributed by atoms with Crippen LogP contribution in [0.2, 0.25) is 0 Å². The maximum Gasteiger partial charge on any atom is 0.238 e. The molecule has 23 heavy (non-hydrogen) atoms. The predicted molar refractivity (Wildman–Crippen MR) is 96.9 cm³/mol. The van der Waals surface area contributed by atoms with E-state index in [4.69, 9.17) is 7.98 Å². The maximum atomic E-state index is 12.3. The smallest absolute Gasteiger partial charge is 0.238 e. The van der Waals surface area contributed by atoms with Crippen molar-refractivity contribution in [1.82, 2.24) is 0 Å². The Morgan fingerprint density at radius 1 is 0.870 bits per heavy atom. The van der Waals surface area contributed by atoms with Crippen molar-refractivity contribution in [3.8, 4) is 0 Å². The van der Waals surface area contributed by atoms with E-state index in [0.29, 0.717) is 5.69 Å². The van der Waals surface area contributed by atoms with E-state index in [1.165, 1.54) is 4.81 Å². The molecular weight excluding hydrogens is 287 g/mol. The number of amides is 2. The summed E-state index contributed by atoms with van der Waals surface area (Å²) in [6.07, 6.45) is 0. The van der Waals surface area contributed by atoms with Gasteiger partial charge in [0.2, 0.25) is 19.8 Å². The molecule has 0 saturated heterocycles. The van der Waals surface area contributed by atoms with Gasteiger partial charge < -0.3 is 9.71 Å². The summed E-state index contributed by atoms with van der Waals surface area (Å²) >= 11 is 0. The van der Waals surface area contributed by atoms with Crippen LogP contribution in [0.5, 0.6) is 0 Å². The predicted octanol–water partition coefficient (Wildman–Crippen LogP) is 3.50. The standard InChI is InChI=1S/C18H27BN2O2/c1-11(2)14-8-15(20(7)17(22)12(3)4)10-16(9-14)21(19)18(23)13(5)6/h8-13H,1-7H3. The first-order chi connectivity index (χ1) is 10.6. The van der Waals surface area contributed by atoms with Crippen LogP contribution in [0.25, 0.3) is 0 Å². The molecule has 1 rings (SSSR count). The van der Waals surface area contributed by atoms with Crippen LogP contribution < -0.4 is 9.71 Å². The summed E-state index contributed by atoms with van der Waals surface area (Å²) in [5, 5.41) is 0. The molecule has 0 aliphatic carbocycles. The lowest BCUT2D eigenvalue weighted by Crippen LogP contribution is -2.33. The van der Waals surface area contributed by atoms with Gasteiger partial charge in [0.15, 0.2) is 0 Å². The van der Waals surface area contributed by atoms with E-state index >= 15 is 0 Å². The SMILES string of the molecule is [B]N(C(=O)C(C)C)c1cc(C(C)C)cc(N(C)C(=O)C(C)C)c1. The normalized spacial score (nSPS) is 11.2. The average Bonchev–Trinajstić information content (AvgIpc) is 2.50. The fourth-order valence-corrected chi connectivity index (χ4v) is 2.20. The highest BCUT2D eigenvalue weighted by molar-refractivity contribution is 6.31. The van der Waals surface area contributed by atoms with Gasteiger partial charge in [0.25, 0.3) is 0 Å². The topological polar surface area (TPSA) is 40.6 Å². The van der Waals surface area contributed by atoms with E-state index < -0.39 is 0 Å². The second-order valence-electron chi connectivity index (χ2n) is 6.85. The lowest BCUT2D eigenvalue weighted by atomic mass is 9.99. The van der Waals surface area contributed by atoms with Gasteiger partial charge in [-0.15, -0.1) is 0 Å². The number of nitrogens with zero attached hydrogens (tertiary/aromatic N) is 2. The Morgan fingerprint density at radius 2 is 1.35 bits per heavy atom. The van der Waals surface area contributed by atoms with Crippen molar-refractivity contribution in [3.05, 3.63) is 23.8 Å². The van der Waals surface area contributed by atoms with Gasteiger partial charge in [0.1, 0.15) is 0 Å². The molecule has 0 fully saturated rings. The summed E-state index contributed by atoms with van der Waals surface area (Å²) in [6.45, 7) is 11.5. The lowest BCUT2D eigenvalue weighted by Gasteiger charge is -2.26. The Balaban J connectivity index is 3.33. The highest BCUT2D eigenvalue weighted by atomic mass is 16.2. The van der Waals surface area contributed by atoms with Crippen molar-refractivity contribution in [2.24, 2.45) is 11.8 Å². The molecule has 0 N–H and O–H groups in total. The third-order valence-corrected chi connectivity index (χ3v) is 3.81. The lowest BCUT2D eigenvalue weighted by molar-refractivity contribution is -0.121. The minimum atomic E-state index is -0.193. The molecule has 0 bridgehead atoms. The second-order valence-corrected chi connectivity index (χ2v) is 6.85. The molecule has 0 heterocycles. The maximum absolute atomic E-state index is 12.3. The van der Waals surface area contributed by atoms with Gasteiger partial charge >= 0.3 is 0 Å². The first kappa shape index (κ1) is 19.3. The fourth-order valence-electron chi connectivity index (χ4n) is 2.20. The minimum Gasteiger partial charge on any atom is -0.369 e. The molecule has 0 aliphatic heterocycles.